The van der Waals surface area contributed by atoms with Crippen LogP contribution in [0.2, 0.25) is 0 Å². The number of rotatable bonds is 10. The molecule has 1 fully saturated rings. The molecule has 1 heterocycles. The number of quaternary nitrogens is 1. The molecule has 0 unspecified atom stereocenters. The van der Waals surface area contributed by atoms with Gasteiger partial charge in [0, 0.05) is 24.1 Å². The summed E-state index contributed by atoms with van der Waals surface area (Å²) >= 11 is 0. The van der Waals surface area contributed by atoms with Gasteiger partial charge in [0.25, 0.3) is 5.91 Å². The van der Waals surface area contributed by atoms with E-state index in [1.54, 1.807) is 30.3 Å². The van der Waals surface area contributed by atoms with Gasteiger partial charge in [-0.1, -0.05) is 0 Å². The Bertz CT molecular complexity index is 1700. The zero-order valence-corrected chi connectivity index (χ0v) is 23.2. The molecule has 1 aliphatic carbocycles. The maximum absolute atomic E-state index is 14.4. The first-order valence-corrected chi connectivity index (χ1v) is 14.8. The third kappa shape index (κ3) is 6.03. The normalized spacial score (nSPS) is 13.8. The molecule has 1 aromatic heterocycles. The van der Waals surface area contributed by atoms with Crippen LogP contribution in [0.3, 0.4) is 0 Å². The lowest BCUT2D eigenvalue weighted by atomic mass is 10.00. The number of sulfonamides is 1. The number of hydrogen-bond donors (Lipinski definition) is 2. The molecule has 41 heavy (non-hydrogen) atoms. The van der Waals surface area contributed by atoms with Crippen molar-refractivity contribution in [1.29, 1.82) is 0 Å². The van der Waals surface area contributed by atoms with Crippen LogP contribution in [0.4, 0.5) is 18.9 Å². The number of ether oxygens (including phenoxy) is 1. The fourth-order valence-electron chi connectivity index (χ4n) is 4.62. The molecule has 216 valence electrons. The number of amides is 1. The molecule has 0 atom stereocenters. The van der Waals surface area contributed by atoms with Gasteiger partial charge in [-0.05, 0) is 78.9 Å². The lowest BCUT2D eigenvalue weighted by Gasteiger charge is -2.27. The summed E-state index contributed by atoms with van der Waals surface area (Å²) in [4.78, 5) is 13.1. The quantitative estimate of drug-likeness (QED) is 0.273. The van der Waals surface area contributed by atoms with Crippen LogP contribution < -0.4 is 20.1 Å². The van der Waals surface area contributed by atoms with E-state index >= 15 is 0 Å². The van der Waals surface area contributed by atoms with Crippen LogP contribution in [-0.4, -0.2) is 46.6 Å². The van der Waals surface area contributed by atoms with E-state index in [0.717, 1.165) is 19.1 Å². The first kappa shape index (κ1) is 28.5. The van der Waals surface area contributed by atoms with Gasteiger partial charge >= 0.3 is 5.92 Å². The summed E-state index contributed by atoms with van der Waals surface area (Å²) in [5, 5.41) is 3.06. The topological polar surface area (TPSA) is 116 Å². The largest absolute Gasteiger partial charge is 0.457 e. The number of anilines is 1. The number of halogens is 3. The number of alkyl halides is 2. The molecule has 0 spiro atoms. The third-order valence-electron chi connectivity index (χ3n) is 6.88. The smallest absolute Gasteiger partial charge is 0.313 e. The van der Waals surface area contributed by atoms with Crippen molar-refractivity contribution in [3.05, 3.63) is 77.6 Å². The molecule has 0 aliphatic heterocycles. The van der Waals surface area contributed by atoms with Gasteiger partial charge in [-0.25, -0.2) is 12.8 Å². The van der Waals surface area contributed by atoms with E-state index in [9.17, 15) is 26.4 Å². The van der Waals surface area contributed by atoms with Gasteiger partial charge in [0.05, 0.1) is 17.5 Å². The van der Waals surface area contributed by atoms with Crippen LogP contribution in [0.15, 0.2) is 65.1 Å². The van der Waals surface area contributed by atoms with Gasteiger partial charge in [-0.3, -0.25) is 9.10 Å². The van der Waals surface area contributed by atoms with Crippen molar-refractivity contribution in [2.75, 3.05) is 30.7 Å². The van der Waals surface area contributed by atoms with Crippen LogP contribution in [0.5, 0.6) is 11.5 Å². The Kier molecular flexibility index (Phi) is 7.47. The molecule has 4 N–H and O–H groups in total. The van der Waals surface area contributed by atoms with E-state index < -0.39 is 34.9 Å². The van der Waals surface area contributed by atoms with Gasteiger partial charge in [0.2, 0.25) is 10.0 Å². The maximum Gasteiger partial charge on any atom is 0.313 e. The molecule has 8 nitrogen and oxygen atoms in total. The molecule has 1 aliphatic rings. The summed E-state index contributed by atoms with van der Waals surface area (Å²) in [5.74, 6) is -3.07. The monoisotopic (exact) mass is 588 g/mol. The van der Waals surface area contributed by atoms with Crippen molar-refractivity contribution >= 4 is 32.6 Å². The Hall–Kier alpha value is -4.03. The summed E-state index contributed by atoms with van der Waals surface area (Å²) in [6.45, 7) is -1.83. The lowest BCUT2D eigenvalue weighted by Crippen LogP contribution is -2.61. The maximum atomic E-state index is 14.4. The van der Waals surface area contributed by atoms with Gasteiger partial charge in [-0.15, -0.1) is 0 Å². The van der Waals surface area contributed by atoms with Crippen LogP contribution in [0.25, 0.3) is 22.3 Å². The zero-order valence-electron chi connectivity index (χ0n) is 22.4. The average molecular weight is 589 g/mol. The van der Waals surface area contributed by atoms with Crippen molar-refractivity contribution in [3.63, 3.8) is 0 Å². The van der Waals surface area contributed by atoms with Crippen molar-refractivity contribution in [2.45, 2.75) is 24.7 Å². The predicted octanol–water partition coefficient (Wildman–Crippen LogP) is 4.91. The fourth-order valence-corrected chi connectivity index (χ4v) is 5.56. The van der Waals surface area contributed by atoms with E-state index in [4.69, 9.17) is 9.15 Å². The summed E-state index contributed by atoms with van der Waals surface area (Å²) in [7, 11) is -2.62. The van der Waals surface area contributed by atoms with Crippen LogP contribution in [0, 0.1) is 5.82 Å². The minimum absolute atomic E-state index is 0.0363. The number of carbonyl (C=O) groups is 1. The first-order chi connectivity index (χ1) is 19.4. The van der Waals surface area contributed by atoms with Gasteiger partial charge in [0.1, 0.15) is 41.7 Å². The molecular weight excluding hydrogens is 559 g/mol. The number of nitrogens with one attached hydrogen (secondary N) is 1. The van der Waals surface area contributed by atoms with E-state index in [1.807, 2.05) is 0 Å². The van der Waals surface area contributed by atoms with Crippen molar-refractivity contribution in [3.8, 4) is 22.8 Å². The van der Waals surface area contributed by atoms with Crippen molar-refractivity contribution in [2.24, 2.45) is 0 Å². The van der Waals surface area contributed by atoms with Gasteiger partial charge in [0.15, 0.2) is 0 Å². The molecule has 3 aromatic carbocycles. The molecule has 0 radical (unpaired) electrons. The first-order valence-electron chi connectivity index (χ1n) is 12.9. The minimum Gasteiger partial charge on any atom is -0.457 e. The molecular formula is C29H29F3N3O5S+. The Morgan fingerprint density at radius 2 is 1.71 bits per heavy atom. The molecule has 0 bridgehead atoms. The second kappa shape index (κ2) is 10.7. The summed E-state index contributed by atoms with van der Waals surface area (Å²) in [6.07, 6.45) is 2.40. The highest BCUT2D eigenvalue weighted by atomic mass is 32.2. The fraction of sp³-hybridized carbons (Fsp3) is 0.276. The van der Waals surface area contributed by atoms with E-state index in [2.05, 4.69) is 11.1 Å². The molecule has 1 amide bonds. The van der Waals surface area contributed by atoms with Crippen LogP contribution in [0.1, 0.15) is 34.7 Å². The van der Waals surface area contributed by atoms with Gasteiger partial charge in [-0.2, -0.15) is 8.78 Å². The molecule has 4 aromatic rings. The predicted molar refractivity (Wildman–Crippen MR) is 148 cm³/mol. The van der Waals surface area contributed by atoms with Gasteiger partial charge < -0.3 is 20.2 Å². The second-order valence-corrected chi connectivity index (χ2v) is 11.9. The Morgan fingerprint density at radius 1 is 1.10 bits per heavy atom. The third-order valence-corrected chi connectivity index (χ3v) is 8.01. The highest BCUT2D eigenvalue weighted by Crippen LogP contribution is 2.48. The summed E-state index contributed by atoms with van der Waals surface area (Å²) in [5.41, 5.74) is 4.86. The Morgan fingerprint density at radius 3 is 2.24 bits per heavy atom. The SMILES string of the molecule is CNC(=O)c1c(-c2ccc(Oc3ccc(F)cc3)cc2)oc2cc(N(CC(F)(F)C[NH3+])S(C)(=O)=O)c(C3CC3)cc12. The molecule has 1 saturated carbocycles. The number of furan rings is 1. The van der Waals surface area contributed by atoms with Crippen molar-refractivity contribution in [1.82, 2.24) is 5.32 Å². The molecule has 12 heteroatoms. The number of hydrogen-bond acceptors (Lipinski definition) is 5. The molecule has 5 rings (SSSR count). The highest BCUT2D eigenvalue weighted by Gasteiger charge is 2.39. The number of carbonyl (C=O) groups excluding carboxylic acids is 1. The summed E-state index contributed by atoms with van der Waals surface area (Å²) in [6, 6.07) is 15.3. The van der Waals surface area contributed by atoms with Crippen molar-refractivity contribution < 1.29 is 41.3 Å². The van der Waals surface area contributed by atoms with E-state index in [0.29, 0.717) is 32.3 Å². The standard InChI is InChI=1S/C29H28F3N3O5S/c1-34-28(36)26-23-13-22(17-3-4-17)24(35(41(2,37)38)16-29(31,32)15-33)14-25(23)40-27(26)18-5-9-20(10-6-18)39-21-11-7-19(30)8-12-21/h5-14,17H,3-4,15-16,33H2,1-2H3,(H,34,36)/p+1. The summed E-state index contributed by atoms with van der Waals surface area (Å²) < 4.78 is 80.1. The number of fused-ring (bicyclic) bond motifs is 1. The molecule has 0 saturated heterocycles. The Balaban J connectivity index is 1.61. The number of benzene rings is 3. The van der Waals surface area contributed by atoms with Crippen LogP contribution in [-0.2, 0) is 10.0 Å². The van der Waals surface area contributed by atoms with Crippen LogP contribution >= 0.6 is 0 Å². The highest BCUT2D eigenvalue weighted by molar-refractivity contribution is 7.92. The second-order valence-electron chi connectivity index (χ2n) is 10.0. The number of nitrogens with zero attached hydrogens (tertiary/aromatic N) is 1. The average Bonchev–Trinajstić information content (AvgIpc) is 3.72. The zero-order chi connectivity index (χ0) is 29.5. The minimum atomic E-state index is -4.10. The Labute approximate surface area is 234 Å². The van der Waals surface area contributed by atoms with E-state index in [-0.39, 0.29) is 34.3 Å². The lowest BCUT2D eigenvalue weighted by molar-refractivity contribution is -0.405. The van der Waals surface area contributed by atoms with E-state index in [1.165, 1.54) is 37.4 Å².